The molecule has 3 aromatic carbocycles. The predicted molar refractivity (Wildman–Crippen MR) is 102 cm³/mol. The number of amides is 2. The summed E-state index contributed by atoms with van der Waals surface area (Å²) in [4.78, 5) is 32.2. The molecule has 2 heterocycles. The van der Waals surface area contributed by atoms with Crippen LogP contribution in [0, 0.1) is 0 Å². The molecule has 5 rings (SSSR count). The van der Waals surface area contributed by atoms with E-state index in [1.807, 2.05) is 30.3 Å². The minimum absolute atomic E-state index is 0.310. The van der Waals surface area contributed by atoms with Gasteiger partial charge in [-0.05, 0) is 30.3 Å². The average molecular weight is 357 g/mol. The number of imide groups is 1. The van der Waals surface area contributed by atoms with Crippen molar-refractivity contribution in [1.29, 1.82) is 0 Å². The number of nitrogens with zero attached hydrogens (tertiary/aromatic N) is 3. The van der Waals surface area contributed by atoms with Crippen molar-refractivity contribution in [2.24, 2.45) is 7.05 Å². The lowest BCUT2D eigenvalue weighted by atomic mass is 9.93. The molecule has 0 atom stereocenters. The fourth-order valence-electron chi connectivity index (χ4n) is 3.76. The number of imidazole rings is 1. The molecule has 132 valence electrons. The van der Waals surface area contributed by atoms with E-state index in [9.17, 15) is 9.59 Å². The molecule has 0 saturated carbocycles. The van der Waals surface area contributed by atoms with Crippen molar-refractivity contribution in [3.63, 3.8) is 0 Å². The van der Waals surface area contributed by atoms with E-state index in [1.54, 1.807) is 43.0 Å². The molecule has 6 nitrogen and oxygen atoms in total. The maximum Gasteiger partial charge on any atom is 0.268 e. The number of carbonyl (C=O) groups excluding carboxylic acids is 2. The molecule has 0 saturated heterocycles. The number of rotatable bonds is 2. The van der Waals surface area contributed by atoms with Gasteiger partial charge in [-0.15, -0.1) is 0 Å². The van der Waals surface area contributed by atoms with Crippen molar-refractivity contribution in [3.05, 3.63) is 65.7 Å². The Morgan fingerprint density at radius 1 is 0.889 bits per heavy atom. The highest BCUT2D eigenvalue weighted by Crippen LogP contribution is 2.37. The Kier molecular flexibility index (Phi) is 3.12. The summed E-state index contributed by atoms with van der Waals surface area (Å²) in [6.45, 7) is 0. The maximum absolute atomic E-state index is 13.3. The van der Waals surface area contributed by atoms with E-state index in [4.69, 9.17) is 4.74 Å². The van der Waals surface area contributed by atoms with Crippen LogP contribution < -0.4 is 9.64 Å². The molecule has 0 radical (unpaired) electrons. The van der Waals surface area contributed by atoms with E-state index < -0.39 is 0 Å². The first kappa shape index (κ1) is 15.6. The molecule has 0 aliphatic carbocycles. The van der Waals surface area contributed by atoms with Crippen LogP contribution in [0.5, 0.6) is 5.75 Å². The van der Waals surface area contributed by atoms with Crippen LogP contribution in [0.15, 0.2) is 54.6 Å². The molecule has 2 amide bonds. The topological polar surface area (TPSA) is 64.4 Å². The summed E-state index contributed by atoms with van der Waals surface area (Å²) in [7, 11) is 3.37. The molecule has 0 bridgehead atoms. The van der Waals surface area contributed by atoms with Crippen LogP contribution in [-0.2, 0) is 7.05 Å². The van der Waals surface area contributed by atoms with E-state index in [0.717, 1.165) is 21.3 Å². The Balaban J connectivity index is 1.78. The summed E-state index contributed by atoms with van der Waals surface area (Å²) in [6, 6.07) is 16.4. The van der Waals surface area contributed by atoms with Crippen LogP contribution in [-0.4, -0.2) is 28.5 Å². The van der Waals surface area contributed by atoms with E-state index in [1.165, 1.54) is 0 Å². The first-order valence-electron chi connectivity index (χ1n) is 8.52. The zero-order chi connectivity index (χ0) is 18.7. The minimum Gasteiger partial charge on any atom is -0.496 e. The predicted octanol–water partition coefficient (Wildman–Crippen LogP) is 3.54. The van der Waals surface area contributed by atoms with Gasteiger partial charge >= 0.3 is 0 Å². The molecular formula is C21H15N3O3. The third kappa shape index (κ3) is 1.98. The van der Waals surface area contributed by atoms with Gasteiger partial charge < -0.3 is 9.30 Å². The van der Waals surface area contributed by atoms with Crippen LogP contribution in [0.25, 0.3) is 21.8 Å². The van der Waals surface area contributed by atoms with Crippen LogP contribution in [0.4, 0.5) is 5.95 Å². The number of benzene rings is 3. The average Bonchev–Trinajstić information content (AvgIpc) is 3.02. The number of methoxy groups -OCH3 is 1. The molecule has 27 heavy (non-hydrogen) atoms. The number of fused-ring (bicyclic) bond motifs is 1. The quantitative estimate of drug-likeness (QED) is 0.515. The van der Waals surface area contributed by atoms with Crippen LogP contribution in [0.1, 0.15) is 20.7 Å². The first-order chi connectivity index (χ1) is 13.1. The molecule has 0 unspecified atom stereocenters. The highest BCUT2D eigenvalue weighted by Gasteiger charge is 2.37. The summed E-state index contributed by atoms with van der Waals surface area (Å²) >= 11 is 0. The fourth-order valence-corrected chi connectivity index (χ4v) is 3.76. The Morgan fingerprint density at radius 2 is 1.63 bits per heavy atom. The summed E-state index contributed by atoms with van der Waals surface area (Å²) in [5.41, 5.74) is 2.52. The third-order valence-corrected chi connectivity index (χ3v) is 5.05. The van der Waals surface area contributed by atoms with E-state index in [-0.39, 0.29) is 11.8 Å². The van der Waals surface area contributed by atoms with Gasteiger partial charge in [0.1, 0.15) is 5.75 Å². The summed E-state index contributed by atoms with van der Waals surface area (Å²) in [5.74, 6) is 0.173. The Labute approximate surface area is 154 Å². The van der Waals surface area contributed by atoms with Gasteiger partial charge in [-0.1, -0.05) is 24.3 Å². The SMILES string of the molecule is COc1ccc2c3c(cccc13)C(=O)N(c1nc3ccccc3n1C)C2=O. The molecule has 0 N–H and O–H groups in total. The Hall–Kier alpha value is -3.67. The van der Waals surface area contributed by atoms with Gasteiger partial charge in [0.2, 0.25) is 5.95 Å². The molecule has 4 aromatic rings. The van der Waals surface area contributed by atoms with Crippen molar-refractivity contribution in [2.75, 3.05) is 12.0 Å². The number of aryl methyl sites for hydroxylation is 1. The molecule has 1 aliphatic heterocycles. The van der Waals surface area contributed by atoms with Gasteiger partial charge in [0.15, 0.2) is 0 Å². The lowest BCUT2D eigenvalue weighted by molar-refractivity contribution is 0.0890. The smallest absolute Gasteiger partial charge is 0.268 e. The number of carbonyl (C=O) groups is 2. The second-order valence-corrected chi connectivity index (χ2v) is 6.45. The van der Waals surface area contributed by atoms with Crippen LogP contribution in [0.3, 0.4) is 0 Å². The van der Waals surface area contributed by atoms with Crippen molar-refractivity contribution >= 4 is 39.6 Å². The normalized spacial score (nSPS) is 13.6. The minimum atomic E-state index is -0.384. The maximum atomic E-state index is 13.3. The summed E-state index contributed by atoms with van der Waals surface area (Å²) in [5, 5.41) is 1.38. The molecular weight excluding hydrogens is 342 g/mol. The second-order valence-electron chi connectivity index (χ2n) is 6.45. The lowest BCUT2D eigenvalue weighted by Crippen LogP contribution is -2.41. The number of aromatic nitrogens is 2. The molecule has 6 heteroatoms. The molecule has 0 spiro atoms. The molecule has 1 aromatic heterocycles. The summed E-state index contributed by atoms with van der Waals surface area (Å²) in [6.07, 6.45) is 0. The van der Waals surface area contributed by atoms with Crippen molar-refractivity contribution in [1.82, 2.24) is 9.55 Å². The van der Waals surface area contributed by atoms with Crippen molar-refractivity contribution in [2.45, 2.75) is 0 Å². The van der Waals surface area contributed by atoms with Gasteiger partial charge in [0.05, 0.1) is 18.1 Å². The van der Waals surface area contributed by atoms with Gasteiger partial charge in [0.25, 0.3) is 11.8 Å². The number of para-hydroxylation sites is 2. The van der Waals surface area contributed by atoms with Crippen molar-refractivity contribution < 1.29 is 14.3 Å². The van der Waals surface area contributed by atoms with Gasteiger partial charge in [-0.3, -0.25) is 9.59 Å². The zero-order valence-electron chi connectivity index (χ0n) is 14.8. The van der Waals surface area contributed by atoms with Crippen LogP contribution >= 0.6 is 0 Å². The second kappa shape index (κ2) is 5.41. The van der Waals surface area contributed by atoms with E-state index in [0.29, 0.717) is 28.2 Å². The van der Waals surface area contributed by atoms with Gasteiger partial charge in [-0.25, -0.2) is 9.88 Å². The number of anilines is 1. The first-order valence-corrected chi connectivity index (χ1v) is 8.52. The zero-order valence-corrected chi connectivity index (χ0v) is 14.8. The van der Waals surface area contributed by atoms with E-state index >= 15 is 0 Å². The largest absolute Gasteiger partial charge is 0.496 e. The highest BCUT2D eigenvalue weighted by molar-refractivity contribution is 6.35. The van der Waals surface area contributed by atoms with E-state index in [2.05, 4.69) is 4.98 Å². The highest BCUT2D eigenvalue weighted by atomic mass is 16.5. The lowest BCUT2D eigenvalue weighted by Gasteiger charge is -2.26. The molecule has 1 aliphatic rings. The summed E-state index contributed by atoms with van der Waals surface area (Å²) < 4.78 is 7.16. The van der Waals surface area contributed by atoms with Crippen molar-refractivity contribution in [3.8, 4) is 5.75 Å². The number of hydrogen-bond acceptors (Lipinski definition) is 4. The molecule has 0 fully saturated rings. The number of hydrogen-bond donors (Lipinski definition) is 0. The van der Waals surface area contributed by atoms with Crippen LogP contribution in [0.2, 0.25) is 0 Å². The number of ether oxygens (including phenoxy) is 1. The monoisotopic (exact) mass is 357 g/mol. The standard InChI is InChI=1S/C21H15N3O3/c1-23-16-9-4-3-8-15(16)22-21(23)24-19(25)13-7-5-6-12-17(27-2)11-10-14(18(12)13)20(24)26/h3-11H,1-2H3. The van der Waals surface area contributed by atoms with Gasteiger partial charge in [0, 0.05) is 28.9 Å². The Bertz CT molecular complexity index is 1250. The van der Waals surface area contributed by atoms with Gasteiger partial charge in [-0.2, -0.15) is 0 Å². The fraction of sp³-hybridized carbons (Fsp3) is 0.0952. The Morgan fingerprint density at radius 3 is 2.37 bits per heavy atom. The third-order valence-electron chi connectivity index (χ3n) is 5.05.